The molecule has 0 saturated heterocycles. The zero-order valence-corrected chi connectivity index (χ0v) is 36.9. The molecule has 0 aromatic heterocycles. The fraction of sp³-hybridized carbons (Fsp3) is 0.0938. The summed E-state index contributed by atoms with van der Waals surface area (Å²) in [5.41, 5.74) is 24.0. The molecule has 310 valence electrons. The van der Waals surface area contributed by atoms with Gasteiger partial charge in [0, 0.05) is 22.5 Å². The van der Waals surface area contributed by atoms with Crippen molar-refractivity contribution in [2.24, 2.45) is 0 Å². The van der Waals surface area contributed by atoms with Crippen LogP contribution in [0.1, 0.15) is 65.6 Å². The first-order valence-electron chi connectivity index (χ1n) is 23.0. The Kier molecular flexibility index (Phi) is 9.28. The molecule has 0 aliphatic heterocycles. The van der Waals surface area contributed by atoms with Crippen molar-refractivity contribution in [1.82, 2.24) is 0 Å². The van der Waals surface area contributed by atoms with Crippen LogP contribution in [0.5, 0.6) is 0 Å². The monoisotopic (exact) mass is 831 g/mol. The minimum Gasteiger partial charge on any atom is -0.314 e. The van der Waals surface area contributed by atoms with E-state index in [9.17, 15) is 0 Å². The molecule has 0 spiro atoms. The summed E-state index contributed by atoms with van der Waals surface area (Å²) in [4.78, 5) is 2.51. The second kappa shape index (κ2) is 15.5. The highest BCUT2D eigenvalue weighted by Gasteiger charge is 2.46. The summed E-state index contributed by atoms with van der Waals surface area (Å²) < 4.78 is 0. The zero-order valence-electron chi connectivity index (χ0n) is 36.9. The Morgan fingerprint density at radius 3 is 1.49 bits per heavy atom. The summed E-state index contributed by atoms with van der Waals surface area (Å²) in [6.45, 7) is 4.72. The Balaban J connectivity index is 0.970. The first-order valence-corrected chi connectivity index (χ1v) is 23.0. The van der Waals surface area contributed by atoms with Crippen LogP contribution in [0.3, 0.4) is 0 Å². The van der Waals surface area contributed by atoms with Gasteiger partial charge in [-0.3, -0.25) is 0 Å². The SMILES string of the molecule is CC1(C)c2ccccc2-c2ccc(-c3ccc(N(C4=CC=C(c5ccc(-c6ccccc6)cc5)CC4)c4ccc5c(c4)-c4ccccc4C5(c4ccccc4)c4ccccc4)cc3)cc21. The number of anilines is 2. The molecular weight excluding hydrogens is 783 g/mol. The lowest BCUT2D eigenvalue weighted by molar-refractivity contribution is 0.660. The molecule has 0 bridgehead atoms. The van der Waals surface area contributed by atoms with E-state index in [0.29, 0.717) is 0 Å². The summed E-state index contributed by atoms with van der Waals surface area (Å²) in [5, 5.41) is 0. The molecule has 0 heterocycles. The molecule has 0 amide bonds. The van der Waals surface area contributed by atoms with Gasteiger partial charge in [0.1, 0.15) is 0 Å². The second-order valence-corrected chi connectivity index (χ2v) is 18.4. The molecule has 0 atom stereocenters. The van der Waals surface area contributed by atoms with E-state index in [1.54, 1.807) is 0 Å². The molecule has 9 aromatic carbocycles. The smallest absolute Gasteiger partial charge is 0.0713 e. The first kappa shape index (κ1) is 38.9. The molecule has 0 radical (unpaired) electrons. The van der Waals surface area contributed by atoms with Crippen LogP contribution in [-0.4, -0.2) is 0 Å². The van der Waals surface area contributed by atoms with E-state index in [2.05, 4.69) is 255 Å². The van der Waals surface area contributed by atoms with E-state index in [4.69, 9.17) is 0 Å². The normalized spacial score (nSPS) is 14.9. The van der Waals surface area contributed by atoms with Crippen molar-refractivity contribution in [3.63, 3.8) is 0 Å². The number of nitrogens with zero attached hydrogens (tertiary/aromatic N) is 1. The number of benzene rings is 9. The number of allylic oxidation sites excluding steroid dienone is 4. The molecule has 1 nitrogen and oxygen atoms in total. The van der Waals surface area contributed by atoms with E-state index in [-0.39, 0.29) is 5.41 Å². The summed E-state index contributed by atoms with van der Waals surface area (Å²) in [6, 6.07) is 83.4. The lowest BCUT2D eigenvalue weighted by atomic mass is 9.68. The predicted octanol–water partition coefficient (Wildman–Crippen LogP) is 16.6. The van der Waals surface area contributed by atoms with E-state index in [1.165, 1.54) is 94.7 Å². The molecule has 1 heteroatoms. The van der Waals surface area contributed by atoms with E-state index >= 15 is 0 Å². The molecule has 0 unspecified atom stereocenters. The van der Waals surface area contributed by atoms with Gasteiger partial charge in [-0.25, -0.2) is 0 Å². The Bertz CT molecular complexity index is 3260. The topological polar surface area (TPSA) is 3.24 Å². The molecule has 3 aliphatic carbocycles. The number of hydrogen-bond acceptors (Lipinski definition) is 1. The quantitative estimate of drug-likeness (QED) is 0.147. The van der Waals surface area contributed by atoms with Gasteiger partial charge < -0.3 is 4.90 Å². The van der Waals surface area contributed by atoms with Crippen LogP contribution < -0.4 is 4.90 Å². The third-order valence-electron chi connectivity index (χ3n) is 14.5. The van der Waals surface area contributed by atoms with Crippen molar-refractivity contribution in [2.75, 3.05) is 4.90 Å². The third-order valence-corrected chi connectivity index (χ3v) is 14.5. The Morgan fingerprint density at radius 1 is 0.338 bits per heavy atom. The molecule has 65 heavy (non-hydrogen) atoms. The third kappa shape index (κ3) is 6.29. The Hall–Kier alpha value is -7.74. The highest BCUT2D eigenvalue weighted by atomic mass is 15.1. The van der Waals surface area contributed by atoms with Crippen LogP contribution in [0.4, 0.5) is 11.4 Å². The van der Waals surface area contributed by atoms with Gasteiger partial charge in [0.15, 0.2) is 0 Å². The van der Waals surface area contributed by atoms with E-state index in [1.807, 2.05) is 0 Å². The number of rotatable bonds is 8. The van der Waals surface area contributed by atoms with Crippen LogP contribution in [0, 0.1) is 0 Å². The highest BCUT2D eigenvalue weighted by molar-refractivity contribution is 5.90. The van der Waals surface area contributed by atoms with Crippen LogP contribution in [0.25, 0.3) is 50.1 Å². The Labute approximate surface area is 383 Å². The lowest BCUT2D eigenvalue weighted by Crippen LogP contribution is -2.28. The van der Waals surface area contributed by atoms with Gasteiger partial charge in [-0.05, 0) is 138 Å². The van der Waals surface area contributed by atoms with E-state index < -0.39 is 5.41 Å². The van der Waals surface area contributed by atoms with Gasteiger partial charge in [-0.1, -0.05) is 214 Å². The maximum atomic E-state index is 2.51. The van der Waals surface area contributed by atoms with Crippen molar-refractivity contribution in [3.8, 4) is 44.5 Å². The minimum absolute atomic E-state index is 0.0484. The summed E-state index contributed by atoms with van der Waals surface area (Å²) >= 11 is 0. The van der Waals surface area contributed by atoms with Crippen molar-refractivity contribution in [3.05, 3.63) is 281 Å². The molecular formula is C64H49N. The maximum Gasteiger partial charge on any atom is 0.0713 e. The van der Waals surface area contributed by atoms with Gasteiger partial charge in [0.25, 0.3) is 0 Å². The van der Waals surface area contributed by atoms with Crippen LogP contribution in [0.2, 0.25) is 0 Å². The van der Waals surface area contributed by atoms with Crippen molar-refractivity contribution in [1.29, 1.82) is 0 Å². The predicted molar refractivity (Wildman–Crippen MR) is 272 cm³/mol. The van der Waals surface area contributed by atoms with Crippen molar-refractivity contribution < 1.29 is 0 Å². The number of hydrogen-bond donors (Lipinski definition) is 0. The van der Waals surface area contributed by atoms with Gasteiger partial charge >= 0.3 is 0 Å². The summed E-state index contributed by atoms with van der Waals surface area (Å²) in [7, 11) is 0. The minimum atomic E-state index is -0.441. The molecule has 3 aliphatic rings. The average molecular weight is 832 g/mol. The Morgan fingerprint density at radius 2 is 0.831 bits per heavy atom. The molecule has 0 saturated carbocycles. The molecule has 0 fully saturated rings. The molecule has 0 N–H and O–H groups in total. The fourth-order valence-corrected chi connectivity index (χ4v) is 11.3. The molecule has 12 rings (SSSR count). The average Bonchev–Trinajstić information content (AvgIpc) is 3.80. The van der Waals surface area contributed by atoms with Crippen LogP contribution in [-0.2, 0) is 10.8 Å². The number of fused-ring (bicyclic) bond motifs is 6. The summed E-state index contributed by atoms with van der Waals surface area (Å²) in [5.74, 6) is 0. The highest BCUT2D eigenvalue weighted by Crippen LogP contribution is 2.57. The van der Waals surface area contributed by atoms with Crippen LogP contribution in [0.15, 0.2) is 242 Å². The first-order chi connectivity index (χ1) is 32.0. The fourth-order valence-electron chi connectivity index (χ4n) is 11.3. The van der Waals surface area contributed by atoms with E-state index in [0.717, 1.165) is 24.2 Å². The molecule has 9 aromatic rings. The van der Waals surface area contributed by atoms with Gasteiger partial charge in [-0.15, -0.1) is 0 Å². The van der Waals surface area contributed by atoms with Crippen molar-refractivity contribution in [2.45, 2.75) is 37.5 Å². The van der Waals surface area contributed by atoms with Gasteiger partial charge in [0.2, 0.25) is 0 Å². The second-order valence-electron chi connectivity index (χ2n) is 18.4. The van der Waals surface area contributed by atoms with Gasteiger partial charge in [0.05, 0.1) is 5.41 Å². The summed E-state index contributed by atoms with van der Waals surface area (Å²) in [6.07, 6.45) is 6.58. The van der Waals surface area contributed by atoms with Gasteiger partial charge in [-0.2, -0.15) is 0 Å². The lowest BCUT2D eigenvalue weighted by Gasteiger charge is -2.34. The van der Waals surface area contributed by atoms with Crippen LogP contribution >= 0.6 is 0 Å². The maximum absolute atomic E-state index is 2.51. The standard InChI is InChI=1S/C64H49N/c1-63(2)59-24-14-12-22-55(59)57-40-34-49(42-62(57)63)48-32-37-53(38-33-48)65(52-35-30-47(31-36-52)46-28-26-45(27-29-46)44-16-6-3-7-17-44)54-39-41-61-58(43-54)56-23-13-15-25-60(56)64(61,50-18-8-4-9-19-50)51-20-10-5-11-21-51/h3-30,32-35,37-43H,31,36H2,1-2H3. The largest absolute Gasteiger partial charge is 0.314 e. The zero-order chi connectivity index (χ0) is 43.5. The van der Waals surface area contributed by atoms with Crippen molar-refractivity contribution >= 4 is 16.9 Å².